The molecule has 0 saturated carbocycles. The highest BCUT2D eigenvalue weighted by Crippen LogP contribution is 2.16. The average Bonchev–Trinajstić information content (AvgIpc) is 3.30. The Morgan fingerprint density at radius 3 is 1.05 bits per heavy atom. The number of unbranched alkanes of at least 4 members (excludes halogenated alkanes) is 26. The summed E-state index contributed by atoms with van der Waals surface area (Å²) in [7, 11) is 0. The van der Waals surface area contributed by atoms with Crippen LogP contribution in [-0.2, 0) is 28.6 Å². The van der Waals surface area contributed by atoms with Crippen LogP contribution in [0.15, 0.2) is 72.9 Å². The highest BCUT2D eigenvalue weighted by molar-refractivity contribution is 5.71. The highest BCUT2D eigenvalue weighted by Gasteiger charge is 2.19. The molecule has 0 N–H and O–H groups in total. The number of ether oxygens (including phenoxy) is 3. The Balaban J connectivity index is 4.40. The average molecular weight is 907 g/mol. The van der Waals surface area contributed by atoms with E-state index < -0.39 is 6.10 Å². The number of hydrogen-bond acceptors (Lipinski definition) is 6. The molecule has 65 heavy (non-hydrogen) atoms. The SMILES string of the molecule is CC/C=C\C/C=C\C/C=C\C/C=C\C/C=C\CCCC(=O)OC(COC(=O)CCCCCCC/C=C\CCCC)COC(=O)CCCCCCCCCCCCCCCCCCCCC. The minimum atomic E-state index is -0.806. The van der Waals surface area contributed by atoms with Gasteiger partial charge in [-0.25, -0.2) is 0 Å². The summed E-state index contributed by atoms with van der Waals surface area (Å²) < 4.78 is 16.8. The predicted molar refractivity (Wildman–Crippen MR) is 279 cm³/mol. The van der Waals surface area contributed by atoms with E-state index in [-0.39, 0.29) is 37.5 Å². The first-order valence-electron chi connectivity index (χ1n) is 27.4. The van der Waals surface area contributed by atoms with E-state index in [9.17, 15) is 14.4 Å². The van der Waals surface area contributed by atoms with Gasteiger partial charge in [-0.15, -0.1) is 0 Å². The summed E-state index contributed by atoms with van der Waals surface area (Å²) in [5, 5.41) is 0. The summed E-state index contributed by atoms with van der Waals surface area (Å²) in [5.41, 5.74) is 0. The van der Waals surface area contributed by atoms with Crippen LogP contribution >= 0.6 is 0 Å². The molecule has 1 unspecified atom stereocenters. The Morgan fingerprint density at radius 2 is 0.631 bits per heavy atom. The quantitative estimate of drug-likeness (QED) is 0.0262. The van der Waals surface area contributed by atoms with Gasteiger partial charge in [-0.3, -0.25) is 14.4 Å². The first-order chi connectivity index (χ1) is 32.0. The van der Waals surface area contributed by atoms with Gasteiger partial charge in [0.1, 0.15) is 13.2 Å². The smallest absolute Gasteiger partial charge is 0.306 e. The van der Waals surface area contributed by atoms with Crippen LogP contribution in [-0.4, -0.2) is 37.2 Å². The van der Waals surface area contributed by atoms with Crippen molar-refractivity contribution < 1.29 is 28.6 Å². The van der Waals surface area contributed by atoms with E-state index in [4.69, 9.17) is 14.2 Å². The third kappa shape index (κ3) is 51.7. The molecular formula is C59H102O6. The Labute approximate surface area is 402 Å². The third-order valence-corrected chi connectivity index (χ3v) is 11.7. The van der Waals surface area contributed by atoms with Crippen LogP contribution in [0.25, 0.3) is 0 Å². The molecule has 0 aliphatic rings. The van der Waals surface area contributed by atoms with Gasteiger partial charge in [-0.2, -0.15) is 0 Å². The molecule has 6 heteroatoms. The summed E-state index contributed by atoms with van der Waals surface area (Å²) in [6.45, 7) is 6.45. The van der Waals surface area contributed by atoms with Crippen molar-refractivity contribution in [3.8, 4) is 0 Å². The van der Waals surface area contributed by atoms with Crippen LogP contribution < -0.4 is 0 Å². The van der Waals surface area contributed by atoms with E-state index in [1.807, 2.05) is 0 Å². The van der Waals surface area contributed by atoms with Crippen molar-refractivity contribution in [3.63, 3.8) is 0 Å². The van der Waals surface area contributed by atoms with Crippen molar-refractivity contribution in [1.82, 2.24) is 0 Å². The molecule has 0 aliphatic carbocycles. The maximum absolute atomic E-state index is 12.8. The summed E-state index contributed by atoms with van der Waals surface area (Å²) >= 11 is 0. The largest absolute Gasteiger partial charge is 0.462 e. The Bertz CT molecular complexity index is 1230. The fourth-order valence-electron chi connectivity index (χ4n) is 7.58. The van der Waals surface area contributed by atoms with Crippen molar-refractivity contribution in [1.29, 1.82) is 0 Å². The van der Waals surface area contributed by atoms with Gasteiger partial charge in [0.2, 0.25) is 0 Å². The van der Waals surface area contributed by atoms with Gasteiger partial charge in [0.15, 0.2) is 6.10 Å². The molecule has 0 spiro atoms. The van der Waals surface area contributed by atoms with Crippen LogP contribution in [0.3, 0.4) is 0 Å². The van der Waals surface area contributed by atoms with Gasteiger partial charge in [-0.1, -0.05) is 241 Å². The molecule has 0 aromatic carbocycles. The zero-order valence-corrected chi connectivity index (χ0v) is 42.7. The lowest BCUT2D eigenvalue weighted by atomic mass is 10.0. The number of carbonyl (C=O) groups excluding carboxylic acids is 3. The van der Waals surface area contributed by atoms with Gasteiger partial charge in [0.25, 0.3) is 0 Å². The molecule has 0 heterocycles. The zero-order chi connectivity index (χ0) is 47.2. The minimum absolute atomic E-state index is 0.0986. The lowest BCUT2D eigenvalue weighted by Gasteiger charge is -2.18. The van der Waals surface area contributed by atoms with E-state index in [1.165, 1.54) is 128 Å². The monoisotopic (exact) mass is 907 g/mol. The summed E-state index contributed by atoms with van der Waals surface area (Å²) in [6.07, 6.45) is 67.6. The molecule has 0 saturated heterocycles. The van der Waals surface area contributed by atoms with Crippen LogP contribution in [0.2, 0.25) is 0 Å². The first-order valence-corrected chi connectivity index (χ1v) is 27.4. The Morgan fingerprint density at radius 1 is 0.323 bits per heavy atom. The number of carbonyl (C=O) groups is 3. The minimum Gasteiger partial charge on any atom is -0.462 e. The molecule has 0 radical (unpaired) electrons. The van der Waals surface area contributed by atoms with Crippen LogP contribution in [0, 0.1) is 0 Å². The number of hydrogen-bond donors (Lipinski definition) is 0. The predicted octanol–water partition coefficient (Wildman–Crippen LogP) is 18.2. The van der Waals surface area contributed by atoms with Crippen LogP contribution in [0.4, 0.5) is 0 Å². The van der Waals surface area contributed by atoms with E-state index in [0.717, 1.165) is 89.9 Å². The summed E-state index contributed by atoms with van der Waals surface area (Å²) in [5.74, 6) is -0.962. The topological polar surface area (TPSA) is 78.9 Å². The number of rotatable bonds is 49. The van der Waals surface area contributed by atoms with E-state index >= 15 is 0 Å². The molecule has 0 aliphatic heterocycles. The van der Waals surface area contributed by atoms with Gasteiger partial charge < -0.3 is 14.2 Å². The van der Waals surface area contributed by atoms with Crippen LogP contribution in [0.1, 0.15) is 265 Å². The number of esters is 3. The van der Waals surface area contributed by atoms with Crippen molar-refractivity contribution in [2.24, 2.45) is 0 Å². The molecular weight excluding hydrogens is 805 g/mol. The van der Waals surface area contributed by atoms with E-state index in [1.54, 1.807) is 0 Å². The maximum atomic E-state index is 12.8. The summed E-state index contributed by atoms with van der Waals surface area (Å²) in [6, 6.07) is 0. The molecule has 0 aromatic heterocycles. The molecule has 374 valence electrons. The van der Waals surface area contributed by atoms with E-state index in [2.05, 4.69) is 93.7 Å². The second kappa shape index (κ2) is 53.5. The van der Waals surface area contributed by atoms with Crippen LogP contribution in [0.5, 0.6) is 0 Å². The molecule has 0 aromatic rings. The molecule has 0 bridgehead atoms. The molecule has 6 nitrogen and oxygen atoms in total. The Kier molecular flexibility index (Phi) is 50.9. The Hall–Kier alpha value is -3.15. The molecule has 1 atom stereocenters. The lowest BCUT2D eigenvalue weighted by molar-refractivity contribution is -0.167. The standard InChI is InChI=1S/C59H102O6/c1-4-7-10-13-16-19-22-24-26-28-29-31-32-34-37-40-43-46-49-52-58(61)64-55-56(54-63-57(60)51-48-45-42-39-36-21-18-15-12-9-6-3)65-59(62)53-50-47-44-41-38-35-33-30-27-25-23-20-17-14-11-8-5-2/h8,11,15,17-18,20,25,27,33,35,41,44,56H,4-7,9-10,12-14,16,19,21-24,26,28-32,34,36-40,42-43,45-55H2,1-3H3/b11-8-,18-15-,20-17-,27-25-,35-33-,44-41-. The van der Waals surface area contributed by atoms with E-state index in [0.29, 0.717) is 19.3 Å². The van der Waals surface area contributed by atoms with Gasteiger partial charge in [0, 0.05) is 19.3 Å². The van der Waals surface area contributed by atoms with Crippen molar-refractivity contribution in [3.05, 3.63) is 72.9 Å². The normalized spacial score (nSPS) is 12.6. The number of allylic oxidation sites excluding steroid dienone is 12. The molecule has 0 fully saturated rings. The second-order valence-corrected chi connectivity index (χ2v) is 18.1. The molecule has 0 rings (SSSR count). The van der Waals surface area contributed by atoms with Crippen molar-refractivity contribution in [2.45, 2.75) is 271 Å². The fourth-order valence-corrected chi connectivity index (χ4v) is 7.58. The third-order valence-electron chi connectivity index (χ3n) is 11.7. The van der Waals surface area contributed by atoms with Gasteiger partial charge in [0.05, 0.1) is 0 Å². The maximum Gasteiger partial charge on any atom is 0.306 e. The van der Waals surface area contributed by atoms with Gasteiger partial charge in [-0.05, 0) is 77.0 Å². The second-order valence-electron chi connectivity index (χ2n) is 18.1. The zero-order valence-electron chi connectivity index (χ0n) is 42.7. The van der Waals surface area contributed by atoms with Crippen molar-refractivity contribution in [2.75, 3.05) is 13.2 Å². The lowest BCUT2D eigenvalue weighted by Crippen LogP contribution is -2.30. The molecule has 0 amide bonds. The fraction of sp³-hybridized carbons (Fsp3) is 0.746. The van der Waals surface area contributed by atoms with Gasteiger partial charge >= 0.3 is 17.9 Å². The summed E-state index contributed by atoms with van der Waals surface area (Å²) in [4.78, 5) is 38.0. The first kappa shape index (κ1) is 61.9. The van der Waals surface area contributed by atoms with Crippen molar-refractivity contribution >= 4 is 17.9 Å². The highest BCUT2D eigenvalue weighted by atomic mass is 16.6.